The van der Waals surface area contributed by atoms with Gasteiger partial charge in [-0.25, -0.2) is 13.4 Å². The van der Waals surface area contributed by atoms with Gasteiger partial charge in [0.15, 0.2) is 0 Å². The summed E-state index contributed by atoms with van der Waals surface area (Å²) in [6.07, 6.45) is 6.19. The first-order chi connectivity index (χ1) is 10.0. The van der Waals surface area contributed by atoms with E-state index in [1.54, 1.807) is 23.6 Å². The first-order valence-electron chi connectivity index (χ1n) is 7.34. The Kier molecular flexibility index (Phi) is 4.25. The second-order valence-corrected chi connectivity index (χ2v) is 8.78. The van der Waals surface area contributed by atoms with E-state index in [2.05, 4.69) is 26.2 Å². The second-order valence-electron chi connectivity index (χ2n) is 5.96. The molecule has 0 aromatic carbocycles. The van der Waals surface area contributed by atoms with Crippen LogP contribution in [-0.4, -0.2) is 37.8 Å². The Hall–Kier alpha value is -0.660. The normalized spacial score (nSPS) is 19.0. The molecule has 21 heavy (non-hydrogen) atoms. The number of nitrogens with one attached hydrogen (secondary N) is 1. The summed E-state index contributed by atoms with van der Waals surface area (Å²) < 4.78 is 28.4. The van der Waals surface area contributed by atoms with Crippen molar-refractivity contribution < 1.29 is 8.42 Å². The summed E-state index contributed by atoms with van der Waals surface area (Å²) in [5, 5.41) is 2.88. The molecule has 1 N–H and O–H groups in total. The largest absolute Gasteiger partial charge is 0.372 e. The van der Waals surface area contributed by atoms with E-state index in [4.69, 9.17) is 0 Å². The number of hydrogen-bond acceptors (Lipinski definition) is 4. The van der Waals surface area contributed by atoms with Crippen molar-refractivity contribution >= 4 is 31.8 Å². The average Bonchev–Trinajstić information content (AvgIpc) is 3.33. The van der Waals surface area contributed by atoms with Gasteiger partial charge in [0.25, 0.3) is 0 Å². The quantitative estimate of drug-likeness (QED) is 0.797. The van der Waals surface area contributed by atoms with Gasteiger partial charge < -0.3 is 5.32 Å². The van der Waals surface area contributed by atoms with Gasteiger partial charge in [0.2, 0.25) is 10.0 Å². The summed E-state index contributed by atoms with van der Waals surface area (Å²) in [7, 11) is -1.80. The Balaban J connectivity index is 1.93. The lowest BCUT2D eigenvalue weighted by Gasteiger charge is -2.23. The van der Waals surface area contributed by atoms with E-state index in [0.29, 0.717) is 35.2 Å². The number of sulfonamides is 1. The predicted molar refractivity (Wildman–Crippen MR) is 85.7 cm³/mol. The fourth-order valence-corrected chi connectivity index (χ4v) is 4.64. The number of hydrogen-bond donors (Lipinski definition) is 1. The van der Waals surface area contributed by atoms with Crippen LogP contribution < -0.4 is 5.32 Å². The summed E-state index contributed by atoms with van der Waals surface area (Å²) in [4.78, 5) is 4.44. The van der Waals surface area contributed by atoms with Crippen LogP contribution in [0, 0.1) is 11.8 Å². The molecule has 1 aromatic heterocycles. The molecule has 2 fully saturated rings. The van der Waals surface area contributed by atoms with Crippen LogP contribution in [0.3, 0.4) is 0 Å². The Morgan fingerprint density at radius 2 is 1.86 bits per heavy atom. The summed E-state index contributed by atoms with van der Waals surface area (Å²) in [5.74, 6) is 1.49. The van der Waals surface area contributed by atoms with Crippen LogP contribution in [0.5, 0.6) is 0 Å². The molecule has 1 heterocycles. The summed E-state index contributed by atoms with van der Waals surface area (Å²) in [5.41, 5.74) is 0. The first-order valence-corrected chi connectivity index (χ1v) is 9.57. The highest BCUT2D eigenvalue weighted by Gasteiger charge is 2.36. The van der Waals surface area contributed by atoms with E-state index in [1.807, 2.05) is 0 Å². The molecule has 0 atom stereocenters. The summed E-state index contributed by atoms with van der Waals surface area (Å²) in [6, 6.07) is 1.64. The molecular formula is C14H20BrN3O2S. The Morgan fingerprint density at radius 3 is 2.33 bits per heavy atom. The lowest BCUT2D eigenvalue weighted by Crippen LogP contribution is -2.35. The van der Waals surface area contributed by atoms with Crippen molar-refractivity contribution in [3.05, 3.63) is 16.7 Å². The molecule has 0 spiro atoms. The molecule has 116 valence electrons. The van der Waals surface area contributed by atoms with E-state index in [1.165, 1.54) is 0 Å². The van der Waals surface area contributed by atoms with Crippen LogP contribution in [0.15, 0.2) is 21.6 Å². The van der Waals surface area contributed by atoms with Crippen molar-refractivity contribution in [3.8, 4) is 0 Å². The molecule has 5 nitrogen and oxygen atoms in total. The number of halogens is 1. The lowest BCUT2D eigenvalue weighted by molar-refractivity contribution is 0.382. The van der Waals surface area contributed by atoms with Gasteiger partial charge in [-0.05, 0) is 59.5 Å². The fraction of sp³-hybridized carbons (Fsp3) is 0.643. The van der Waals surface area contributed by atoms with Crippen LogP contribution >= 0.6 is 15.9 Å². The minimum absolute atomic E-state index is 0.265. The molecule has 0 saturated heterocycles. The lowest BCUT2D eigenvalue weighted by atomic mass is 10.4. The molecule has 7 heteroatoms. The van der Waals surface area contributed by atoms with E-state index in [9.17, 15) is 8.42 Å². The van der Waals surface area contributed by atoms with Gasteiger partial charge in [-0.2, -0.15) is 4.31 Å². The zero-order chi connectivity index (χ0) is 15.0. The SMILES string of the molecule is CNc1ncc(Br)cc1S(=O)(=O)N(CC1CC1)CC1CC1. The van der Waals surface area contributed by atoms with Crippen molar-refractivity contribution in [2.24, 2.45) is 11.8 Å². The van der Waals surface area contributed by atoms with E-state index >= 15 is 0 Å². The Bertz CT molecular complexity index is 613. The molecule has 2 saturated carbocycles. The molecule has 0 aliphatic heterocycles. The monoisotopic (exact) mass is 373 g/mol. The van der Waals surface area contributed by atoms with Gasteiger partial charge in [0.05, 0.1) is 0 Å². The topological polar surface area (TPSA) is 62.3 Å². The number of anilines is 1. The zero-order valence-electron chi connectivity index (χ0n) is 12.0. The molecule has 0 amide bonds. The van der Waals surface area contributed by atoms with Gasteiger partial charge in [-0.3, -0.25) is 0 Å². The van der Waals surface area contributed by atoms with E-state index in [0.717, 1.165) is 25.7 Å². The number of aromatic nitrogens is 1. The standard InChI is InChI=1S/C14H20BrN3O2S/c1-16-14-13(6-12(15)7-17-14)21(19,20)18(8-10-2-3-10)9-11-4-5-11/h6-7,10-11H,2-5,8-9H2,1H3,(H,16,17). The highest BCUT2D eigenvalue weighted by atomic mass is 79.9. The summed E-state index contributed by atoms with van der Waals surface area (Å²) in [6.45, 7) is 1.29. The Morgan fingerprint density at radius 1 is 1.29 bits per heavy atom. The first kappa shape index (κ1) is 15.2. The maximum absolute atomic E-state index is 13.0. The zero-order valence-corrected chi connectivity index (χ0v) is 14.5. The van der Waals surface area contributed by atoms with Crippen LogP contribution in [0.1, 0.15) is 25.7 Å². The third-order valence-electron chi connectivity index (χ3n) is 3.99. The number of pyridine rings is 1. The third kappa shape index (κ3) is 3.57. The molecule has 2 aliphatic rings. The molecular weight excluding hydrogens is 354 g/mol. The molecule has 1 aromatic rings. The van der Waals surface area contributed by atoms with E-state index in [-0.39, 0.29) is 4.90 Å². The van der Waals surface area contributed by atoms with Crippen molar-refractivity contribution in [1.29, 1.82) is 0 Å². The summed E-state index contributed by atoms with van der Waals surface area (Å²) >= 11 is 3.32. The molecule has 2 aliphatic carbocycles. The van der Waals surface area contributed by atoms with Crippen LogP contribution in [0.4, 0.5) is 5.82 Å². The second kappa shape index (κ2) is 5.85. The fourth-order valence-electron chi connectivity index (χ4n) is 2.39. The van der Waals surface area contributed by atoms with Crippen LogP contribution in [-0.2, 0) is 10.0 Å². The van der Waals surface area contributed by atoms with Crippen molar-refractivity contribution in [3.63, 3.8) is 0 Å². The smallest absolute Gasteiger partial charge is 0.246 e. The van der Waals surface area contributed by atoms with Gasteiger partial charge in [-0.15, -0.1) is 0 Å². The van der Waals surface area contributed by atoms with Gasteiger partial charge >= 0.3 is 0 Å². The molecule has 3 rings (SSSR count). The number of rotatable bonds is 7. The minimum Gasteiger partial charge on any atom is -0.372 e. The van der Waals surface area contributed by atoms with Crippen molar-refractivity contribution in [2.45, 2.75) is 30.6 Å². The molecule has 0 radical (unpaired) electrons. The van der Waals surface area contributed by atoms with Gasteiger partial charge in [-0.1, -0.05) is 0 Å². The Labute approximate surface area is 134 Å². The third-order valence-corrected chi connectivity index (χ3v) is 6.27. The molecule has 0 unspecified atom stereocenters. The van der Waals surface area contributed by atoms with Crippen molar-refractivity contribution in [2.75, 3.05) is 25.5 Å². The van der Waals surface area contributed by atoms with E-state index < -0.39 is 10.0 Å². The van der Waals surface area contributed by atoms with Gasteiger partial charge in [0.1, 0.15) is 10.7 Å². The highest BCUT2D eigenvalue weighted by Crippen LogP contribution is 2.37. The maximum atomic E-state index is 13.0. The molecule has 0 bridgehead atoms. The van der Waals surface area contributed by atoms with Crippen molar-refractivity contribution in [1.82, 2.24) is 9.29 Å². The highest BCUT2D eigenvalue weighted by molar-refractivity contribution is 9.10. The number of nitrogens with zero attached hydrogens (tertiary/aromatic N) is 2. The van der Waals surface area contributed by atoms with Crippen LogP contribution in [0.25, 0.3) is 0 Å². The average molecular weight is 374 g/mol. The predicted octanol–water partition coefficient (Wildman–Crippen LogP) is 2.70. The van der Waals surface area contributed by atoms with Crippen LogP contribution in [0.2, 0.25) is 0 Å². The maximum Gasteiger partial charge on any atom is 0.246 e. The minimum atomic E-state index is -3.50. The van der Waals surface area contributed by atoms with Gasteiger partial charge in [0, 0.05) is 30.8 Å².